The first-order valence-corrected chi connectivity index (χ1v) is 11.0. The molecular formula is C23H34N2O4. The third kappa shape index (κ3) is 4.27. The molecule has 1 aromatic heterocycles. The number of amides is 2. The first-order chi connectivity index (χ1) is 14.1. The van der Waals surface area contributed by atoms with Crippen LogP contribution in [-0.4, -0.2) is 47.6 Å². The molecule has 2 aliphatic heterocycles. The molecule has 1 aromatic rings. The van der Waals surface area contributed by atoms with Gasteiger partial charge in [-0.25, -0.2) is 0 Å². The van der Waals surface area contributed by atoms with E-state index in [0.29, 0.717) is 19.5 Å². The third-order valence-electron chi connectivity index (χ3n) is 6.43. The Labute approximate surface area is 173 Å². The lowest BCUT2D eigenvalue weighted by atomic mass is 9.66. The van der Waals surface area contributed by atoms with Crippen molar-refractivity contribution in [3.63, 3.8) is 0 Å². The molecule has 2 amide bonds. The number of carbonyl (C=O) groups is 2. The summed E-state index contributed by atoms with van der Waals surface area (Å²) < 4.78 is 5.71. The van der Waals surface area contributed by atoms with Crippen LogP contribution >= 0.6 is 0 Å². The number of likely N-dealkylation sites (tertiary alicyclic amines) is 1. The number of nitrogens with one attached hydrogen (secondary N) is 1. The van der Waals surface area contributed by atoms with Gasteiger partial charge in [-0.1, -0.05) is 32.3 Å². The first kappa shape index (κ1) is 21.6. The number of furan rings is 1. The summed E-state index contributed by atoms with van der Waals surface area (Å²) >= 11 is 0. The van der Waals surface area contributed by atoms with Gasteiger partial charge in [0, 0.05) is 25.4 Å². The summed E-state index contributed by atoms with van der Waals surface area (Å²) in [6.07, 6.45) is 10.6. The lowest BCUT2D eigenvalue weighted by molar-refractivity contribution is -0.154. The molecule has 3 atom stereocenters. The van der Waals surface area contributed by atoms with Crippen molar-refractivity contribution in [1.29, 1.82) is 0 Å². The summed E-state index contributed by atoms with van der Waals surface area (Å²) in [5.74, 6) is 0.285. The van der Waals surface area contributed by atoms with Crippen molar-refractivity contribution in [1.82, 2.24) is 10.2 Å². The van der Waals surface area contributed by atoms with E-state index in [0.717, 1.165) is 56.3 Å². The maximum Gasteiger partial charge on any atom is 0.238 e. The average molecular weight is 403 g/mol. The largest absolute Gasteiger partial charge is 0.469 e. The molecule has 2 saturated heterocycles. The number of rotatable bonds is 10. The maximum atomic E-state index is 13.6. The molecule has 0 radical (unpaired) electrons. The molecule has 1 unspecified atom stereocenters. The predicted octanol–water partition coefficient (Wildman–Crippen LogP) is 3.16. The second-order valence-electron chi connectivity index (χ2n) is 8.40. The highest BCUT2D eigenvalue weighted by molar-refractivity contribution is 6.08. The molecule has 3 rings (SSSR count). The fraction of sp³-hybridized carbons (Fsp3) is 0.652. The van der Waals surface area contributed by atoms with Crippen molar-refractivity contribution in [2.24, 2.45) is 5.41 Å². The highest BCUT2D eigenvalue weighted by Crippen LogP contribution is 2.50. The molecule has 2 fully saturated rings. The van der Waals surface area contributed by atoms with Crippen molar-refractivity contribution >= 4 is 11.8 Å². The predicted molar refractivity (Wildman–Crippen MR) is 111 cm³/mol. The summed E-state index contributed by atoms with van der Waals surface area (Å²) in [4.78, 5) is 28.6. The van der Waals surface area contributed by atoms with Crippen LogP contribution in [0.15, 0.2) is 29.4 Å². The van der Waals surface area contributed by atoms with Gasteiger partial charge in [0.05, 0.1) is 18.9 Å². The molecule has 29 heavy (non-hydrogen) atoms. The number of nitrogens with zero attached hydrogens (tertiary/aromatic N) is 1. The molecule has 160 valence electrons. The van der Waals surface area contributed by atoms with E-state index in [4.69, 9.17) is 4.42 Å². The highest BCUT2D eigenvalue weighted by atomic mass is 16.3. The van der Waals surface area contributed by atoms with Crippen LogP contribution in [0, 0.1) is 5.41 Å². The average Bonchev–Trinajstić information content (AvgIpc) is 3.32. The minimum Gasteiger partial charge on any atom is -0.469 e. The Balaban J connectivity index is 1.84. The van der Waals surface area contributed by atoms with Gasteiger partial charge in [-0.05, 0) is 37.3 Å². The minimum absolute atomic E-state index is 0.0902. The van der Waals surface area contributed by atoms with E-state index in [1.165, 1.54) is 0 Å². The minimum atomic E-state index is -1.14. The summed E-state index contributed by atoms with van der Waals surface area (Å²) in [5.41, 5.74) is -0.229. The van der Waals surface area contributed by atoms with Gasteiger partial charge in [0.25, 0.3) is 0 Å². The van der Waals surface area contributed by atoms with Crippen LogP contribution in [0.2, 0.25) is 0 Å². The van der Waals surface area contributed by atoms with Gasteiger partial charge in [0.2, 0.25) is 11.8 Å². The third-order valence-corrected chi connectivity index (χ3v) is 6.43. The zero-order valence-corrected chi connectivity index (χ0v) is 17.5. The summed E-state index contributed by atoms with van der Waals surface area (Å²) in [6, 6.07) is 1.61. The summed E-state index contributed by atoms with van der Waals surface area (Å²) in [7, 11) is 0. The second kappa shape index (κ2) is 9.61. The summed E-state index contributed by atoms with van der Waals surface area (Å²) in [6.45, 7) is 7.10. The number of unbranched alkanes of at least 4 members (excludes halogenated alkanes) is 3. The Bertz CT molecular complexity index is 728. The highest BCUT2D eigenvalue weighted by Gasteiger charge is 2.60. The molecule has 0 bridgehead atoms. The fourth-order valence-electron chi connectivity index (χ4n) is 4.86. The Hall–Kier alpha value is -2.08. The van der Waals surface area contributed by atoms with Gasteiger partial charge in [0.15, 0.2) is 0 Å². The fourth-order valence-corrected chi connectivity index (χ4v) is 4.86. The van der Waals surface area contributed by atoms with Gasteiger partial charge in [-0.15, -0.1) is 6.58 Å². The molecule has 0 aromatic carbocycles. The molecule has 0 aliphatic carbocycles. The lowest BCUT2D eigenvalue weighted by Gasteiger charge is -2.43. The van der Waals surface area contributed by atoms with E-state index in [2.05, 4.69) is 18.8 Å². The number of piperidine rings is 1. The second-order valence-corrected chi connectivity index (χ2v) is 8.40. The van der Waals surface area contributed by atoms with Crippen LogP contribution in [0.4, 0.5) is 0 Å². The van der Waals surface area contributed by atoms with Gasteiger partial charge in [0.1, 0.15) is 11.2 Å². The Morgan fingerprint density at radius 2 is 2.21 bits per heavy atom. The van der Waals surface area contributed by atoms with E-state index in [1.54, 1.807) is 6.26 Å². The quantitative estimate of drug-likeness (QED) is 0.358. The summed E-state index contributed by atoms with van der Waals surface area (Å²) in [5, 5.41) is 12.5. The first-order valence-electron chi connectivity index (χ1n) is 11.0. The number of aliphatic hydroxyl groups is 1. The van der Waals surface area contributed by atoms with E-state index in [-0.39, 0.29) is 30.4 Å². The van der Waals surface area contributed by atoms with E-state index < -0.39 is 5.41 Å². The SMILES string of the molecule is C=CCCc1cc([C@@H]2CCN(CCCCCC)C(=O)[C@@]23CC(CO)NC3=O)co1. The number of hydrogen-bond acceptors (Lipinski definition) is 4. The van der Waals surface area contributed by atoms with Gasteiger partial charge in [-0.3, -0.25) is 9.59 Å². The zero-order chi connectivity index (χ0) is 20.9. The number of aliphatic hydroxyl groups excluding tert-OH is 1. The van der Waals surface area contributed by atoms with Crippen molar-refractivity contribution in [3.8, 4) is 0 Å². The van der Waals surface area contributed by atoms with Crippen LogP contribution < -0.4 is 5.32 Å². The van der Waals surface area contributed by atoms with Crippen molar-refractivity contribution in [2.75, 3.05) is 19.7 Å². The number of carbonyl (C=O) groups excluding carboxylic acids is 2. The van der Waals surface area contributed by atoms with Gasteiger partial charge in [-0.2, -0.15) is 0 Å². The van der Waals surface area contributed by atoms with E-state index >= 15 is 0 Å². The van der Waals surface area contributed by atoms with Crippen LogP contribution in [0.3, 0.4) is 0 Å². The van der Waals surface area contributed by atoms with Crippen molar-refractivity contribution < 1.29 is 19.1 Å². The molecule has 2 N–H and O–H groups in total. The Morgan fingerprint density at radius 3 is 2.90 bits per heavy atom. The lowest BCUT2D eigenvalue weighted by Crippen LogP contribution is -2.56. The van der Waals surface area contributed by atoms with E-state index in [9.17, 15) is 14.7 Å². The molecule has 0 saturated carbocycles. The number of allylic oxidation sites excluding steroid dienone is 1. The van der Waals surface area contributed by atoms with Crippen LogP contribution in [0.1, 0.15) is 69.1 Å². The van der Waals surface area contributed by atoms with Crippen LogP contribution in [0.5, 0.6) is 0 Å². The monoisotopic (exact) mass is 402 g/mol. The van der Waals surface area contributed by atoms with Gasteiger partial charge >= 0.3 is 0 Å². The van der Waals surface area contributed by atoms with Crippen molar-refractivity contribution in [2.45, 2.75) is 70.3 Å². The van der Waals surface area contributed by atoms with E-state index in [1.807, 2.05) is 17.0 Å². The number of hydrogen-bond donors (Lipinski definition) is 2. The van der Waals surface area contributed by atoms with Gasteiger partial charge < -0.3 is 19.7 Å². The topological polar surface area (TPSA) is 82.8 Å². The zero-order valence-electron chi connectivity index (χ0n) is 17.5. The standard InChI is InChI=1S/C23H34N2O4/c1-3-5-7-8-11-25-12-10-20(17-13-19(29-16-17)9-6-4-2)23(22(25)28)14-18(15-26)24-21(23)27/h4,13,16,18,20,26H,2-3,5-12,14-15H2,1H3,(H,24,27)/t18?,20-,23-/m0/s1. The molecule has 6 nitrogen and oxygen atoms in total. The molecule has 1 spiro atoms. The smallest absolute Gasteiger partial charge is 0.238 e. The van der Waals surface area contributed by atoms with Crippen LogP contribution in [-0.2, 0) is 16.0 Å². The normalized spacial score (nSPS) is 26.9. The van der Waals surface area contributed by atoms with Crippen molar-refractivity contribution in [3.05, 3.63) is 36.3 Å². The maximum absolute atomic E-state index is 13.6. The molecule has 3 heterocycles. The number of aryl methyl sites for hydroxylation is 1. The Morgan fingerprint density at radius 1 is 1.38 bits per heavy atom. The molecular weight excluding hydrogens is 368 g/mol. The van der Waals surface area contributed by atoms with Crippen LogP contribution in [0.25, 0.3) is 0 Å². The molecule has 2 aliphatic rings. The Kier molecular flexibility index (Phi) is 7.17. The molecule has 6 heteroatoms.